The van der Waals surface area contributed by atoms with Gasteiger partial charge in [-0.15, -0.1) is 0 Å². The number of hydrogen-bond donors (Lipinski definition) is 2. The summed E-state index contributed by atoms with van der Waals surface area (Å²) in [7, 11) is 1.60. The summed E-state index contributed by atoms with van der Waals surface area (Å²) < 4.78 is 12.4. The normalized spacial score (nSPS) is 14.8. The number of aliphatic hydroxyl groups is 1. The van der Waals surface area contributed by atoms with Crippen LogP contribution < -0.4 is 15.6 Å². The molecule has 0 unspecified atom stereocenters. The number of aliphatic hydroxyl groups excluding tert-OH is 1. The fourth-order valence-corrected chi connectivity index (χ4v) is 4.90. The Balaban J connectivity index is 1.65. The Morgan fingerprint density at radius 1 is 1.19 bits per heavy atom. The van der Waals surface area contributed by atoms with Crippen LogP contribution in [0.5, 0.6) is 5.75 Å². The molecule has 3 heterocycles. The van der Waals surface area contributed by atoms with E-state index in [4.69, 9.17) is 26.8 Å². The highest BCUT2D eigenvalue weighted by Crippen LogP contribution is 2.34. The highest BCUT2D eigenvalue weighted by Gasteiger charge is 2.32. The van der Waals surface area contributed by atoms with Gasteiger partial charge in [-0.3, -0.25) is 18.9 Å². The van der Waals surface area contributed by atoms with Crippen molar-refractivity contribution in [1.82, 2.24) is 14.3 Å². The van der Waals surface area contributed by atoms with Crippen molar-refractivity contribution >= 4 is 51.7 Å². The molecule has 0 saturated carbocycles. The minimum atomic E-state index is -0.303. The van der Waals surface area contributed by atoms with Gasteiger partial charge in [0, 0.05) is 12.7 Å². The van der Waals surface area contributed by atoms with Crippen LogP contribution in [0.4, 0.5) is 5.82 Å². The van der Waals surface area contributed by atoms with Gasteiger partial charge in [-0.2, -0.15) is 0 Å². The van der Waals surface area contributed by atoms with Crippen molar-refractivity contribution < 1.29 is 19.4 Å². The fraction of sp³-hybridized carbons (Fsp3) is 0.280. The van der Waals surface area contributed by atoms with Crippen molar-refractivity contribution in [1.29, 1.82) is 0 Å². The molecule has 1 amide bonds. The zero-order valence-corrected chi connectivity index (χ0v) is 21.5. The van der Waals surface area contributed by atoms with E-state index >= 15 is 0 Å². The molecule has 1 saturated heterocycles. The number of benzene rings is 1. The van der Waals surface area contributed by atoms with E-state index in [1.165, 1.54) is 9.30 Å². The second-order valence-corrected chi connectivity index (χ2v) is 9.62. The van der Waals surface area contributed by atoms with Crippen LogP contribution in [0.15, 0.2) is 52.3 Å². The molecule has 0 aliphatic carbocycles. The van der Waals surface area contributed by atoms with E-state index in [2.05, 4.69) is 10.3 Å². The standard InChI is InChI=1S/C25H26N4O5S2/c1-16-4-3-10-28-22(16)27-21(26-9-12-34-13-11-30)19(23(28)31)14-20-24(32)29(25(35)36-20)15-17-5-7-18(33-2)8-6-17/h3-8,10,14,26,30H,9,11-13,15H2,1-2H3/b20-14-. The summed E-state index contributed by atoms with van der Waals surface area (Å²) >= 11 is 6.63. The highest BCUT2D eigenvalue weighted by atomic mass is 32.2. The van der Waals surface area contributed by atoms with Crippen molar-refractivity contribution in [2.75, 3.05) is 38.8 Å². The molecule has 36 heavy (non-hydrogen) atoms. The van der Waals surface area contributed by atoms with E-state index in [0.717, 1.165) is 28.6 Å². The average molecular weight is 527 g/mol. The first-order chi connectivity index (χ1) is 17.4. The van der Waals surface area contributed by atoms with Crippen molar-refractivity contribution in [3.63, 3.8) is 0 Å². The second-order valence-electron chi connectivity index (χ2n) is 7.94. The third kappa shape index (κ3) is 5.59. The van der Waals surface area contributed by atoms with Gasteiger partial charge in [0.15, 0.2) is 0 Å². The molecular formula is C25H26N4O5S2. The predicted molar refractivity (Wildman–Crippen MR) is 144 cm³/mol. The molecular weight excluding hydrogens is 500 g/mol. The molecule has 4 rings (SSSR count). The van der Waals surface area contributed by atoms with Crippen molar-refractivity contribution in [3.8, 4) is 5.75 Å². The number of carbonyl (C=O) groups is 1. The van der Waals surface area contributed by atoms with Crippen LogP contribution >= 0.6 is 24.0 Å². The number of thioether (sulfide) groups is 1. The Kier molecular flexibility index (Phi) is 8.36. The monoisotopic (exact) mass is 526 g/mol. The fourth-order valence-electron chi connectivity index (χ4n) is 3.67. The van der Waals surface area contributed by atoms with Crippen LogP contribution in [0, 0.1) is 6.92 Å². The number of aromatic nitrogens is 2. The van der Waals surface area contributed by atoms with Crippen LogP contribution in [-0.2, 0) is 16.1 Å². The predicted octanol–water partition coefficient (Wildman–Crippen LogP) is 2.83. The van der Waals surface area contributed by atoms with E-state index < -0.39 is 0 Å². The van der Waals surface area contributed by atoms with Crippen molar-refractivity contribution in [2.45, 2.75) is 13.5 Å². The Labute approximate surface area is 217 Å². The lowest BCUT2D eigenvalue weighted by atomic mass is 10.2. The Hall–Kier alpha value is -3.25. The summed E-state index contributed by atoms with van der Waals surface area (Å²) in [6.45, 7) is 3.02. The minimum Gasteiger partial charge on any atom is -0.497 e. The van der Waals surface area contributed by atoms with Gasteiger partial charge in [0.05, 0.1) is 43.9 Å². The summed E-state index contributed by atoms with van der Waals surface area (Å²) in [5.41, 5.74) is 2.21. The van der Waals surface area contributed by atoms with Gasteiger partial charge in [0.1, 0.15) is 21.5 Å². The van der Waals surface area contributed by atoms with Crippen LogP contribution in [-0.4, -0.2) is 63.1 Å². The first-order valence-corrected chi connectivity index (χ1v) is 12.5. The van der Waals surface area contributed by atoms with E-state index in [-0.39, 0.29) is 30.2 Å². The zero-order valence-electron chi connectivity index (χ0n) is 19.9. The minimum absolute atomic E-state index is 0.0710. The lowest BCUT2D eigenvalue weighted by Gasteiger charge is -2.15. The molecule has 0 atom stereocenters. The number of anilines is 1. The molecule has 1 aliphatic rings. The summed E-state index contributed by atoms with van der Waals surface area (Å²) in [5, 5.41) is 12.0. The topological polar surface area (TPSA) is 105 Å². The van der Waals surface area contributed by atoms with Gasteiger partial charge >= 0.3 is 0 Å². The van der Waals surface area contributed by atoms with Gasteiger partial charge in [-0.05, 0) is 42.3 Å². The first kappa shape index (κ1) is 25.8. The highest BCUT2D eigenvalue weighted by molar-refractivity contribution is 8.26. The summed E-state index contributed by atoms with van der Waals surface area (Å²) in [6.07, 6.45) is 3.20. The molecule has 1 aliphatic heterocycles. The number of thiocarbonyl (C=S) groups is 1. The third-order valence-electron chi connectivity index (χ3n) is 5.51. The molecule has 1 fully saturated rings. The first-order valence-electron chi connectivity index (χ1n) is 11.3. The molecule has 0 spiro atoms. The Morgan fingerprint density at radius 2 is 1.97 bits per heavy atom. The number of nitrogens with one attached hydrogen (secondary N) is 1. The number of amides is 1. The lowest BCUT2D eigenvalue weighted by molar-refractivity contribution is -0.122. The van der Waals surface area contributed by atoms with Crippen molar-refractivity contribution in [3.05, 3.63) is 74.5 Å². The largest absolute Gasteiger partial charge is 0.497 e. The number of rotatable bonds is 10. The van der Waals surface area contributed by atoms with Crippen LogP contribution in [0.2, 0.25) is 0 Å². The van der Waals surface area contributed by atoms with Crippen LogP contribution in [0.1, 0.15) is 16.7 Å². The van der Waals surface area contributed by atoms with Gasteiger partial charge in [0.25, 0.3) is 11.5 Å². The number of fused-ring (bicyclic) bond motifs is 1. The quantitative estimate of drug-likeness (QED) is 0.234. The summed E-state index contributed by atoms with van der Waals surface area (Å²) in [4.78, 5) is 33.2. The molecule has 11 heteroatoms. The van der Waals surface area contributed by atoms with E-state index in [1.807, 2.05) is 37.3 Å². The lowest BCUT2D eigenvalue weighted by Crippen LogP contribution is -2.27. The van der Waals surface area contributed by atoms with Gasteiger partial charge < -0.3 is 19.9 Å². The second kappa shape index (κ2) is 11.7. The summed E-state index contributed by atoms with van der Waals surface area (Å²) in [6, 6.07) is 11.1. The zero-order chi connectivity index (χ0) is 25.7. The number of carbonyl (C=O) groups excluding carboxylic acids is 1. The van der Waals surface area contributed by atoms with E-state index in [0.29, 0.717) is 40.4 Å². The SMILES string of the molecule is COc1ccc(CN2C(=O)/C(=C/c3c(NCCOCCO)nc4c(C)cccn4c3=O)SC2=S)cc1. The van der Waals surface area contributed by atoms with E-state index in [9.17, 15) is 9.59 Å². The van der Waals surface area contributed by atoms with E-state index in [1.54, 1.807) is 25.4 Å². The third-order valence-corrected chi connectivity index (χ3v) is 6.89. The van der Waals surface area contributed by atoms with Gasteiger partial charge in [-0.1, -0.05) is 42.2 Å². The molecule has 188 valence electrons. The summed E-state index contributed by atoms with van der Waals surface area (Å²) in [5.74, 6) is 0.805. The molecule has 1 aromatic carbocycles. The number of ether oxygens (including phenoxy) is 2. The maximum absolute atomic E-state index is 13.4. The molecule has 2 N–H and O–H groups in total. The molecule has 3 aromatic rings. The average Bonchev–Trinajstić information content (AvgIpc) is 3.14. The molecule has 0 radical (unpaired) electrons. The number of aryl methyl sites for hydroxylation is 1. The number of hydrogen-bond acceptors (Lipinski definition) is 9. The maximum atomic E-state index is 13.4. The molecule has 0 bridgehead atoms. The Bertz CT molecular complexity index is 1370. The number of methoxy groups -OCH3 is 1. The van der Waals surface area contributed by atoms with Crippen molar-refractivity contribution in [2.24, 2.45) is 0 Å². The van der Waals surface area contributed by atoms with Crippen LogP contribution in [0.3, 0.4) is 0 Å². The molecule has 2 aromatic heterocycles. The van der Waals surface area contributed by atoms with Crippen LogP contribution in [0.25, 0.3) is 11.7 Å². The molecule has 9 nitrogen and oxygen atoms in total. The number of nitrogens with zero attached hydrogens (tertiary/aromatic N) is 3. The number of pyridine rings is 1. The van der Waals surface area contributed by atoms with Gasteiger partial charge in [0.2, 0.25) is 0 Å². The Morgan fingerprint density at radius 3 is 2.69 bits per heavy atom. The van der Waals surface area contributed by atoms with Gasteiger partial charge in [-0.25, -0.2) is 4.98 Å². The smallest absolute Gasteiger partial charge is 0.267 e. The maximum Gasteiger partial charge on any atom is 0.267 e.